The fourth-order valence-electron chi connectivity index (χ4n) is 3.26. The van der Waals surface area contributed by atoms with Crippen LogP contribution < -0.4 is 5.32 Å². The molecule has 1 aromatic rings. The molecule has 2 aliphatic heterocycles. The van der Waals surface area contributed by atoms with Crippen molar-refractivity contribution in [3.63, 3.8) is 0 Å². The second kappa shape index (κ2) is 6.48. The summed E-state index contributed by atoms with van der Waals surface area (Å²) in [6.45, 7) is 7.63. The molecule has 0 spiro atoms. The van der Waals surface area contributed by atoms with Crippen molar-refractivity contribution in [3.8, 4) is 0 Å². The van der Waals surface area contributed by atoms with Crippen molar-refractivity contribution in [3.05, 3.63) is 29.3 Å². The van der Waals surface area contributed by atoms with E-state index in [1.807, 2.05) is 4.90 Å². The number of aryl methyl sites for hydroxylation is 1. The Labute approximate surface area is 127 Å². The molecule has 0 aromatic heterocycles. The first-order valence-electron chi connectivity index (χ1n) is 8.06. The Morgan fingerprint density at radius 3 is 2.81 bits per heavy atom. The van der Waals surface area contributed by atoms with E-state index in [-0.39, 0.29) is 5.91 Å². The first kappa shape index (κ1) is 14.4. The number of piperazine rings is 1. The molecule has 2 heterocycles. The van der Waals surface area contributed by atoms with E-state index in [1.54, 1.807) is 6.92 Å². The van der Waals surface area contributed by atoms with Crippen molar-refractivity contribution in [1.82, 2.24) is 9.80 Å². The Morgan fingerprint density at radius 2 is 2.05 bits per heavy atom. The van der Waals surface area contributed by atoms with Crippen LogP contribution in [0.4, 0.5) is 5.69 Å². The Kier molecular flexibility index (Phi) is 4.44. The predicted octanol–water partition coefficient (Wildman–Crippen LogP) is 1.75. The lowest BCUT2D eigenvalue weighted by Gasteiger charge is -2.34. The van der Waals surface area contributed by atoms with Crippen LogP contribution in [0.1, 0.15) is 24.5 Å². The molecule has 1 fully saturated rings. The van der Waals surface area contributed by atoms with E-state index in [0.29, 0.717) is 0 Å². The maximum atomic E-state index is 11.3. The van der Waals surface area contributed by atoms with Crippen molar-refractivity contribution >= 4 is 11.6 Å². The highest BCUT2D eigenvalue weighted by molar-refractivity contribution is 5.73. The predicted molar refractivity (Wildman–Crippen MR) is 85.7 cm³/mol. The number of carbonyl (C=O) groups is 1. The quantitative estimate of drug-likeness (QED) is 0.920. The zero-order chi connectivity index (χ0) is 14.7. The Balaban J connectivity index is 1.50. The van der Waals surface area contributed by atoms with Crippen LogP contribution in [0.5, 0.6) is 0 Å². The molecule has 0 atom stereocenters. The van der Waals surface area contributed by atoms with E-state index in [9.17, 15) is 4.79 Å². The van der Waals surface area contributed by atoms with Crippen LogP contribution in [0.25, 0.3) is 0 Å². The maximum Gasteiger partial charge on any atom is 0.219 e. The van der Waals surface area contributed by atoms with E-state index < -0.39 is 0 Å². The lowest BCUT2D eigenvalue weighted by atomic mass is 9.99. The molecular weight excluding hydrogens is 262 g/mol. The third kappa shape index (κ3) is 3.56. The van der Waals surface area contributed by atoms with Gasteiger partial charge in [-0.1, -0.05) is 12.1 Å². The van der Waals surface area contributed by atoms with Crippen molar-refractivity contribution in [1.29, 1.82) is 0 Å². The summed E-state index contributed by atoms with van der Waals surface area (Å²) in [7, 11) is 0. The topological polar surface area (TPSA) is 35.6 Å². The average molecular weight is 287 g/mol. The fraction of sp³-hybridized carbons (Fsp3) is 0.588. The molecule has 0 radical (unpaired) electrons. The first-order valence-corrected chi connectivity index (χ1v) is 8.06. The van der Waals surface area contributed by atoms with Crippen molar-refractivity contribution < 1.29 is 4.79 Å². The number of fused-ring (bicyclic) bond motifs is 1. The van der Waals surface area contributed by atoms with Crippen molar-refractivity contribution in [2.75, 3.05) is 44.6 Å². The number of rotatable bonds is 3. The largest absolute Gasteiger partial charge is 0.385 e. The number of nitrogens with one attached hydrogen (secondary N) is 1. The molecule has 1 saturated heterocycles. The molecule has 0 unspecified atom stereocenters. The molecule has 2 aliphatic rings. The number of amides is 1. The molecular formula is C17H25N3O. The van der Waals surface area contributed by atoms with Gasteiger partial charge in [-0.3, -0.25) is 9.69 Å². The van der Waals surface area contributed by atoms with E-state index >= 15 is 0 Å². The summed E-state index contributed by atoms with van der Waals surface area (Å²) in [5.74, 6) is 0.205. The van der Waals surface area contributed by atoms with Gasteiger partial charge >= 0.3 is 0 Å². The maximum absolute atomic E-state index is 11.3. The van der Waals surface area contributed by atoms with Crippen LogP contribution in [-0.2, 0) is 17.6 Å². The van der Waals surface area contributed by atoms with Gasteiger partial charge in [-0.15, -0.1) is 0 Å². The van der Waals surface area contributed by atoms with Gasteiger partial charge in [0, 0.05) is 51.9 Å². The van der Waals surface area contributed by atoms with Gasteiger partial charge in [-0.05, 0) is 36.5 Å². The second-order valence-electron chi connectivity index (χ2n) is 6.12. The standard InChI is InChI=1S/C17H25N3O/c1-14(21)20-11-9-19(10-12-20)8-6-15-4-5-17-16(13-15)3-2-7-18-17/h4-5,13,18H,2-3,6-12H2,1H3. The zero-order valence-corrected chi connectivity index (χ0v) is 12.9. The summed E-state index contributed by atoms with van der Waals surface area (Å²) < 4.78 is 0. The second-order valence-corrected chi connectivity index (χ2v) is 6.12. The van der Waals surface area contributed by atoms with Gasteiger partial charge in [-0.2, -0.15) is 0 Å². The molecule has 0 saturated carbocycles. The number of hydrogen-bond donors (Lipinski definition) is 1. The van der Waals surface area contributed by atoms with E-state index in [4.69, 9.17) is 0 Å². The molecule has 21 heavy (non-hydrogen) atoms. The third-order valence-electron chi connectivity index (χ3n) is 4.64. The lowest BCUT2D eigenvalue weighted by Crippen LogP contribution is -2.48. The van der Waals surface area contributed by atoms with Crippen LogP contribution in [0.3, 0.4) is 0 Å². The minimum atomic E-state index is 0.205. The van der Waals surface area contributed by atoms with Gasteiger partial charge in [0.2, 0.25) is 5.91 Å². The van der Waals surface area contributed by atoms with Crippen LogP contribution in [0, 0.1) is 0 Å². The highest BCUT2D eigenvalue weighted by Gasteiger charge is 2.18. The van der Waals surface area contributed by atoms with Crippen LogP contribution in [-0.4, -0.2) is 55.0 Å². The molecule has 114 valence electrons. The summed E-state index contributed by atoms with van der Waals surface area (Å²) in [5.41, 5.74) is 4.23. The SMILES string of the molecule is CC(=O)N1CCN(CCc2ccc3c(c2)CCCN3)CC1. The van der Waals surface area contributed by atoms with E-state index in [0.717, 1.165) is 45.7 Å². The lowest BCUT2D eigenvalue weighted by molar-refractivity contribution is -0.130. The summed E-state index contributed by atoms with van der Waals surface area (Å²) in [6.07, 6.45) is 3.55. The van der Waals surface area contributed by atoms with Gasteiger partial charge in [0.1, 0.15) is 0 Å². The van der Waals surface area contributed by atoms with E-state index in [2.05, 4.69) is 28.4 Å². The highest BCUT2D eigenvalue weighted by atomic mass is 16.2. The molecule has 0 bridgehead atoms. The molecule has 3 rings (SSSR count). The zero-order valence-electron chi connectivity index (χ0n) is 12.9. The van der Waals surface area contributed by atoms with E-state index in [1.165, 1.54) is 29.7 Å². The van der Waals surface area contributed by atoms with Crippen LogP contribution >= 0.6 is 0 Å². The molecule has 1 N–H and O–H groups in total. The van der Waals surface area contributed by atoms with Crippen LogP contribution in [0.15, 0.2) is 18.2 Å². The molecule has 4 nitrogen and oxygen atoms in total. The number of hydrogen-bond acceptors (Lipinski definition) is 3. The Bertz CT molecular complexity index is 507. The number of benzene rings is 1. The van der Waals surface area contributed by atoms with Gasteiger partial charge in [0.05, 0.1) is 0 Å². The Hall–Kier alpha value is -1.55. The molecule has 0 aliphatic carbocycles. The van der Waals surface area contributed by atoms with Gasteiger partial charge in [0.15, 0.2) is 0 Å². The minimum absolute atomic E-state index is 0.205. The van der Waals surface area contributed by atoms with Gasteiger partial charge < -0.3 is 10.2 Å². The van der Waals surface area contributed by atoms with Crippen molar-refractivity contribution in [2.45, 2.75) is 26.2 Å². The molecule has 1 amide bonds. The Morgan fingerprint density at radius 1 is 1.24 bits per heavy atom. The molecule has 4 heteroatoms. The normalized spacial score (nSPS) is 19.0. The minimum Gasteiger partial charge on any atom is -0.385 e. The summed E-state index contributed by atoms with van der Waals surface area (Å²) in [5, 5.41) is 3.46. The monoisotopic (exact) mass is 287 g/mol. The highest BCUT2D eigenvalue weighted by Crippen LogP contribution is 2.23. The summed E-state index contributed by atoms with van der Waals surface area (Å²) in [6, 6.07) is 6.85. The summed E-state index contributed by atoms with van der Waals surface area (Å²) in [4.78, 5) is 15.7. The fourth-order valence-corrected chi connectivity index (χ4v) is 3.26. The number of anilines is 1. The van der Waals surface area contributed by atoms with Gasteiger partial charge in [-0.25, -0.2) is 0 Å². The number of carbonyl (C=O) groups excluding carboxylic acids is 1. The van der Waals surface area contributed by atoms with Gasteiger partial charge in [0.25, 0.3) is 0 Å². The molecule has 1 aromatic carbocycles. The van der Waals surface area contributed by atoms with Crippen molar-refractivity contribution in [2.24, 2.45) is 0 Å². The first-order chi connectivity index (χ1) is 10.2. The smallest absolute Gasteiger partial charge is 0.219 e. The van der Waals surface area contributed by atoms with Crippen LogP contribution in [0.2, 0.25) is 0 Å². The summed E-state index contributed by atoms with van der Waals surface area (Å²) >= 11 is 0. The average Bonchev–Trinajstić information content (AvgIpc) is 2.53. The third-order valence-corrected chi connectivity index (χ3v) is 4.64. The number of nitrogens with zero attached hydrogens (tertiary/aromatic N) is 2.